The maximum Gasteiger partial charge on any atom is 0.247 e. The third kappa shape index (κ3) is 3.74. The molecule has 0 spiro atoms. The molecule has 1 heterocycles. The van der Waals surface area contributed by atoms with Crippen LogP contribution in [0.3, 0.4) is 0 Å². The van der Waals surface area contributed by atoms with E-state index in [2.05, 4.69) is 6.92 Å². The molecule has 2 atom stereocenters. The summed E-state index contributed by atoms with van der Waals surface area (Å²) in [6.45, 7) is 4.87. The van der Waals surface area contributed by atoms with Crippen LogP contribution < -0.4 is 10.5 Å². The monoisotopic (exact) mass is 348 g/mol. The molecule has 2 N–H and O–H groups in total. The van der Waals surface area contributed by atoms with Gasteiger partial charge in [-0.15, -0.1) is 12.4 Å². The van der Waals surface area contributed by atoms with Crippen molar-refractivity contribution in [3.63, 3.8) is 0 Å². The second-order valence-corrected chi connectivity index (χ2v) is 7.65. The minimum absolute atomic E-state index is 0. The number of ether oxygens (including phenoxy) is 1. The number of methoxy groups -OCH3 is 1. The summed E-state index contributed by atoms with van der Waals surface area (Å²) < 4.78 is 32.7. The number of benzene rings is 1. The highest BCUT2D eigenvalue weighted by Gasteiger charge is 2.36. The third-order valence-corrected chi connectivity index (χ3v) is 6.07. The first-order valence-electron chi connectivity index (χ1n) is 7.26. The Morgan fingerprint density at radius 1 is 1.41 bits per heavy atom. The van der Waals surface area contributed by atoms with Crippen molar-refractivity contribution in [3.8, 4) is 5.75 Å². The zero-order valence-corrected chi connectivity index (χ0v) is 14.9. The van der Waals surface area contributed by atoms with Gasteiger partial charge in [-0.3, -0.25) is 0 Å². The number of hydrogen-bond donors (Lipinski definition) is 1. The van der Waals surface area contributed by atoms with Gasteiger partial charge in [0.1, 0.15) is 10.6 Å². The molecule has 126 valence electrons. The zero-order valence-electron chi connectivity index (χ0n) is 13.3. The summed E-state index contributed by atoms with van der Waals surface area (Å²) in [6.07, 6.45) is 1.67. The lowest BCUT2D eigenvalue weighted by molar-refractivity contribution is 0.210. The van der Waals surface area contributed by atoms with Gasteiger partial charge in [-0.2, -0.15) is 4.31 Å². The Hall–Kier alpha value is -0.820. The number of aryl methyl sites for hydroxylation is 1. The number of halogens is 1. The van der Waals surface area contributed by atoms with Crippen LogP contribution in [0.1, 0.15) is 25.3 Å². The zero-order chi connectivity index (χ0) is 15.6. The Bertz CT molecular complexity index is 607. The molecule has 1 fully saturated rings. The van der Waals surface area contributed by atoms with E-state index in [9.17, 15) is 8.42 Å². The van der Waals surface area contributed by atoms with E-state index in [1.54, 1.807) is 16.4 Å². The minimum Gasteiger partial charge on any atom is -0.495 e. The Kier molecular flexibility index (Phi) is 6.67. The Morgan fingerprint density at radius 2 is 2.09 bits per heavy atom. The van der Waals surface area contributed by atoms with Crippen molar-refractivity contribution in [2.24, 2.45) is 11.7 Å². The van der Waals surface area contributed by atoms with Crippen LogP contribution in [0.15, 0.2) is 23.1 Å². The molecule has 22 heavy (non-hydrogen) atoms. The van der Waals surface area contributed by atoms with Gasteiger partial charge < -0.3 is 10.5 Å². The molecule has 1 aromatic rings. The molecular formula is C15H25ClN2O3S. The van der Waals surface area contributed by atoms with Crippen molar-refractivity contribution in [1.82, 2.24) is 4.31 Å². The van der Waals surface area contributed by atoms with E-state index in [1.165, 1.54) is 7.11 Å². The molecule has 0 saturated carbocycles. The quantitative estimate of drug-likeness (QED) is 0.905. The summed E-state index contributed by atoms with van der Waals surface area (Å²) in [6, 6.07) is 5.08. The average molecular weight is 349 g/mol. The van der Waals surface area contributed by atoms with Crippen LogP contribution in [-0.2, 0) is 10.0 Å². The topological polar surface area (TPSA) is 72.6 Å². The van der Waals surface area contributed by atoms with E-state index in [4.69, 9.17) is 10.5 Å². The Labute approximate surface area is 139 Å². The molecule has 2 rings (SSSR count). The summed E-state index contributed by atoms with van der Waals surface area (Å²) in [5, 5.41) is 0. The smallest absolute Gasteiger partial charge is 0.247 e. The highest BCUT2D eigenvalue weighted by molar-refractivity contribution is 7.89. The first-order chi connectivity index (χ1) is 9.90. The first-order valence-corrected chi connectivity index (χ1v) is 8.70. The van der Waals surface area contributed by atoms with Crippen LogP contribution in [0.2, 0.25) is 0 Å². The number of nitrogens with two attached hydrogens (primary N) is 1. The van der Waals surface area contributed by atoms with E-state index >= 15 is 0 Å². The maximum absolute atomic E-state index is 13.0. The summed E-state index contributed by atoms with van der Waals surface area (Å²) in [4.78, 5) is 0.234. The molecule has 7 heteroatoms. The van der Waals surface area contributed by atoms with Crippen LogP contribution >= 0.6 is 12.4 Å². The molecule has 1 aliphatic heterocycles. The summed E-state index contributed by atoms with van der Waals surface area (Å²) in [5.41, 5.74) is 6.69. The van der Waals surface area contributed by atoms with E-state index < -0.39 is 10.0 Å². The molecule has 0 aliphatic carbocycles. The van der Waals surface area contributed by atoms with Gasteiger partial charge in [0.15, 0.2) is 0 Å². The van der Waals surface area contributed by atoms with Crippen LogP contribution in [0.25, 0.3) is 0 Å². The van der Waals surface area contributed by atoms with Crippen molar-refractivity contribution >= 4 is 22.4 Å². The van der Waals surface area contributed by atoms with Crippen molar-refractivity contribution < 1.29 is 13.2 Å². The number of hydrogen-bond acceptors (Lipinski definition) is 4. The number of nitrogens with zero attached hydrogens (tertiary/aromatic N) is 1. The predicted molar refractivity (Wildman–Crippen MR) is 90.1 cm³/mol. The van der Waals surface area contributed by atoms with Gasteiger partial charge in [-0.05, 0) is 43.4 Å². The molecule has 0 aromatic heterocycles. The fourth-order valence-corrected chi connectivity index (χ4v) is 4.78. The van der Waals surface area contributed by atoms with E-state index in [1.807, 2.05) is 13.0 Å². The van der Waals surface area contributed by atoms with Gasteiger partial charge in [0.25, 0.3) is 0 Å². The van der Waals surface area contributed by atoms with Crippen LogP contribution in [-0.4, -0.2) is 39.0 Å². The second kappa shape index (κ2) is 7.64. The minimum atomic E-state index is -3.58. The van der Waals surface area contributed by atoms with E-state index in [0.717, 1.165) is 18.4 Å². The van der Waals surface area contributed by atoms with Gasteiger partial charge in [0, 0.05) is 19.1 Å². The van der Waals surface area contributed by atoms with Crippen molar-refractivity contribution in [3.05, 3.63) is 23.8 Å². The summed E-state index contributed by atoms with van der Waals surface area (Å²) >= 11 is 0. The first kappa shape index (κ1) is 19.2. The predicted octanol–water partition coefficient (Wildman–Crippen LogP) is 2.17. The maximum atomic E-state index is 13.0. The summed E-state index contributed by atoms with van der Waals surface area (Å²) in [7, 11) is -2.10. The van der Waals surface area contributed by atoms with Crippen molar-refractivity contribution in [2.45, 2.75) is 37.6 Å². The molecule has 1 aliphatic rings. The highest BCUT2D eigenvalue weighted by atomic mass is 35.5. The molecule has 2 unspecified atom stereocenters. The molecular weight excluding hydrogens is 324 g/mol. The van der Waals surface area contributed by atoms with Crippen LogP contribution in [0, 0.1) is 12.8 Å². The average Bonchev–Trinajstić information content (AvgIpc) is 2.46. The highest BCUT2D eigenvalue weighted by Crippen LogP contribution is 2.32. The molecule has 0 bridgehead atoms. The molecule has 1 aromatic carbocycles. The van der Waals surface area contributed by atoms with E-state index in [-0.39, 0.29) is 23.3 Å². The lowest BCUT2D eigenvalue weighted by atomic mass is 9.94. The molecule has 1 saturated heterocycles. The standard InChI is InChI=1S/C15H24N2O3S.ClH/c1-11-4-5-14(20-3)15(9-11)21(18,19)17-7-6-12(2)8-13(17)10-16;/h4-5,9,12-13H,6-8,10,16H2,1-3H3;1H. The lowest BCUT2D eigenvalue weighted by Gasteiger charge is -2.37. The Morgan fingerprint density at radius 3 is 2.68 bits per heavy atom. The second-order valence-electron chi connectivity index (χ2n) is 5.79. The molecule has 5 nitrogen and oxygen atoms in total. The summed E-state index contributed by atoms with van der Waals surface area (Å²) in [5.74, 6) is 0.888. The molecule has 0 radical (unpaired) electrons. The number of sulfonamides is 1. The number of piperidine rings is 1. The number of rotatable bonds is 4. The van der Waals surface area contributed by atoms with Crippen molar-refractivity contribution in [2.75, 3.05) is 20.2 Å². The van der Waals surface area contributed by atoms with Gasteiger partial charge in [0.05, 0.1) is 7.11 Å². The fraction of sp³-hybridized carbons (Fsp3) is 0.600. The molecule has 0 amide bonds. The van der Waals surface area contributed by atoms with Crippen LogP contribution in [0.5, 0.6) is 5.75 Å². The van der Waals surface area contributed by atoms with Crippen LogP contribution in [0.4, 0.5) is 0 Å². The van der Waals surface area contributed by atoms with E-state index in [0.29, 0.717) is 24.8 Å². The van der Waals surface area contributed by atoms with Crippen molar-refractivity contribution in [1.29, 1.82) is 0 Å². The van der Waals surface area contributed by atoms with Gasteiger partial charge in [-0.1, -0.05) is 13.0 Å². The van der Waals surface area contributed by atoms with Gasteiger partial charge >= 0.3 is 0 Å². The Balaban J connectivity index is 0.00000242. The third-order valence-electron chi connectivity index (χ3n) is 4.10. The normalized spacial score (nSPS) is 22.9. The van der Waals surface area contributed by atoms with Gasteiger partial charge in [-0.25, -0.2) is 8.42 Å². The lowest BCUT2D eigenvalue weighted by Crippen LogP contribution is -2.49. The largest absolute Gasteiger partial charge is 0.495 e. The SMILES string of the molecule is COc1ccc(C)cc1S(=O)(=O)N1CCC(C)CC1CN.Cl. The van der Waals surface area contributed by atoms with Gasteiger partial charge in [0.2, 0.25) is 10.0 Å². The fourth-order valence-electron chi connectivity index (χ4n) is 2.87.